The molecule has 2 nitrogen and oxygen atoms in total. The van der Waals surface area contributed by atoms with Gasteiger partial charge >= 0.3 is 0 Å². The van der Waals surface area contributed by atoms with Crippen molar-refractivity contribution in [2.45, 2.75) is 26.8 Å². The average molecular weight is 193 g/mol. The van der Waals surface area contributed by atoms with E-state index in [-0.39, 0.29) is 0 Å². The molecule has 1 atom stereocenters. The molecule has 0 radical (unpaired) electrons. The van der Waals surface area contributed by atoms with Crippen LogP contribution < -0.4 is 10.1 Å². The molecular formula is C12H19NO. The van der Waals surface area contributed by atoms with Crippen LogP contribution in [0.4, 0.5) is 0 Å². The lowest BCUT2D eigenvalue weighted by molar-refractivity contribution is 0.332. The van der Waals surface area contributed by atoms with Crippen molar-refractivity contribution in [3.05, 3.63) is 29.8 Å². The van der Waals surface area contributed by atoms with Crippen LogP contribution in [0.2, 0.25) is 0 Å². The maximum Gasteiger partial charge on any atom is 0.124 e. The molecule has 0 aromatic heterocycles. The molecule has 78 valence electrons. The minimum atomic E-state index is 0.350. The van der Waals surface area contributed by atoms with Crippen LogP contribution in [-0.4, -0.2) is 13.2 Å². The van der Waals surface area contributed by atoms with E-state index in [0.29, 0.717) is 6.04 Å². The quantitative estimate of drug-likeness (QED) is 0.776. The van der Waals surface area contributed by atoms with Gasteiger partial charge in [-0.3, -0.25) is 0 Å². The van der Waals surface area contributed by atoms with E-state index in [9.17, 15) is 0 Å². The average Bonchev–Trinajstić information content (AvgIpc) is 2.19. The van der Waals surface area contributed by atoms with Gasteiger partial charge in [-0.15, -0.1) is 0 Å². The largest absolute Gasteiger partial charge is 0.494 e. The fraction of sp³-hybridized carbons (Fsp3) is 0.500. The van der Waals surface area contributed by atoms with Crippen molar-refractivity contribution in [2.24, 2.45) is 0 Å². The van der Waals surface area contributed by atoms with Crippen molar-refractivity contribution in [2.75, 3.05) is 13.2 Å². The molecule has 1 rings (SSSR count). The van der Waals surface area contributed by atoms with Crippen molar-refractivity contribution in [1.29, 1.82) is 0 Å². The lowest BCUT2D eigenvalue weighted by Crippen LogP contribution is -2.18. The van der Waals surface area contributed by atoms with E-state index >= 15 is 0 Å². The first-order chi connectivity index (χ1) is 6.79. The van der Waals surface area contributed by atoms with Crippen LogP contribution in [-0.2, 0) is 0 Å². The molecule has 0 spiro atoms. The van der Waals surface area contributed by atoms with E-state index < -0.39 is 0 Å². The lowest BCUT2D eigenvalue weighted by atomic mass is 10.1. The fourth-order valence-corrected chi connectivity index (χ4v) is 1.54. The summed E-state index contributed by atoms with van der Waals surface area (Å²) in [7, 11) is 0. The maximum absolute atomic E-state index is 5.56. The smallest absolute Gasteiger partial charge is 0.124 e. The minimum absolute atomic E-state index is 0.350. The molecule has 0 amide bonds. The Labute approximate surface area is 86.3 Å². The number of hydrogen-bond acceptors (Lipinski definition) is 2. The number of para-hydroxylation sites is 1. The van der Waals surface area contributed by atoms with Crippen molar-refractivity contribution >= 4 is 0 Å². The molecule has 1 aromatic rings. The third-order valence-corrected chi connectivity index (χ3v) is 2.20. The number of benzene rings is 1. The first kappa shape index (κ1) is 11.1. The normalized spacial score (nSPS) is 12.5. The summed E-state index contributed by atoms with van der Waals surface area (Å²) in [5, 5.41) is 3.38. The van der Waals surface area contributed by atoms with Crippen LogP contribution in [0.1, 0.15) is 32.4 Å². The van der Waals surface area contributed by atoms with E-state index in [1.807, 2.05) is 25.1 Å². The molecule has 14 heavy (non-hydrogen) atoms. The Morgan fingerprint density at radius 1 is 1.29 bits per heavy atom. The molecule has 1 N–H and O–H groups in total. The van der Waals surface area contributed by atoms with Crippen LogP contribution in [0.25, 0.3) is 0 Å². The maximum atomic E-state index is 5.56. The van der Waals surface area contributed by atoms with Gasteiger partial charge in [0.1, 0.15) is 5.75 Å². The monoisotopic (exact) mass is 193 g/mol. The highest BCUT2D eigenvalue weighted by Gasteiger charge is 2.08. The molecular weight excluding hydrogens is 174 g/mol. The summed E-state index contributed by atoms with van der Waals surface area (Å²) < 4.78 is 5.56. The molecule has 0 saturated carbocycles. The number of rotatable bonds is 5. The summed E-state index contributed by atoms with van der Waals surface area (Å²) in [4.78, 5) is 0. The van der Waals surface area contributed by atoms with Gasteiger partial charge in [-0.25, -0.2) is 0 Å². The Morgan fingerprint density at radius 2 is 2.00 bits per heavy atom. The molecule has 2 heteroatoms. The fourth-order valence-electron chi connectivity index (χ4n) is 1.54. The van der Waals surface area contributed by atoms with Crippen molar-refractivity contribution in [3.8, 4) is 5.75 Å². The van der Waals surface area contributed by atoms with Gasteiger partial charge in [-0.2, -0.15) is 0 Å². The highest BCUT2D eigenvalue weighted by molar-refractivity contribution is 5.35. The lowest BCUT2D eigenvalue weighted by Gasteiger charge is -2.16. The van der Waals surface area contributed by atoms with Gasteiger partial charge in [0.25, 0.3) is 0 Å². The summed E-state index contributed by atoms with van der Waals surface area (Å²) in [6.45, 7) is 7.97. The molecule has 1 aromatic carbocycles. The zero-order valence-corrected chi connectivity index (χ0v) is 9.21. The van der Waals surface area contributed by atoms with E-state index in [1.54, 1.807) is 0 Å². The van der Waals surface area contributed by atoms with Crippen LogP contribution in [0.5, 0.6) is 5.75 Å². The molecule has 0 bridgehead atoms. The van der Waals surface area contributed by atoms with E-state index in [2.05, 4.69) is 25.2 Å². The van der Waals surface area contributed by atoms with E-state index in [4.69, 9.17) is 4.74 Å². The van der Waals surface area contributed by atoms with Gasteiger partial charge < -0.3 is 10.1 Å². The van der Waals surface area contributed by atoms with Gasteiger partial charge in [0.05, 0.1) is 6.61 Å². The Kier molecular flexibility index (Phi) is 4.47. The van der Waals surface area contributed by atoms with Gasteiger partial charge in [-0.05, 0) is 26.5 Å². The van der Waals surface area contributed by atoms with Crippen molar-refractivity contribution in [1.82, 2.24) is 5.32 Å². The predicted octanol–water partition coefficient (Wildman–Crippen LogP) is 2.76. The summed E-state index contributed by atoms with van der Waals surface area (Å²) in [5.41, 5.74) is 1.23. The van der Waals surface area contributed by atoms with Crippen molar-refractivity contribution in [3.63, 3.8) is 0 Å². The molecule has 0 aliphatic carbocycles. The SMILES string of the molecule is CCN[C@H](C)c1ccccc1OCC. The summed E-state index contributed by atoms with van der Waals surface area (Å²) in [5.74, 6) is 0.989. The molecule has 0 aliphatic heterocycles. The van der Waals surface area contributed by atoms with Gasteiger partial charge in [-0.1, -0.05) is 25.1 Å². The molecule has 0 saturated heterocycles. The van der Waals surface area contributed by atoms with Crippen LogP contribution in [0.15, 0.2) is 24.3 Å². The van der Waals surface area contributed by atoms with Crippen LogP contribution in [0, 0.1) is 0 Å². The number of nitrogens with one attached hydrogen (secondary N) is 1. The van der Waals surface area contributed by atoms with Gasteiger partial charge in [0.15, 0.2) is 0 Å². The molecule has 0 fully saturated rings. The standard InChI is InChI=1S/C12H19NO/c1-4-13-10(3)11-8-6-7-9-12(11)14-5-2/h6-10,13H,4-5H2,1-3H3/t10-/m1/s1. The third kappa shape index (κ3) is 2.74. The van der Waals surface area contributed by atoms with E-state index in [0.717, 1.165) is 18.9 Å². The van der Waals surface area contributed by atoms with Crippen molar-refractivity contribution < 1.29 is 4.74 Å². The first-order valence-electron chi connectivity index (χ1n) is 5.24. The second-order valence-electron chi connectivity index (χ2n) is 3.25. The Morgan fingerprint density at radius 3 is 2.64 bits per heavy atom. The first-order valence-corrected chi connectivity index (χ1v) is 5.24. The highest BCUT2D eigenvalue weighted by Crippen LogP contribution is 2.24. The number of hydrogen-bond donors (Lipinski definition) is 1. The summed E-state index contributed by atoms with van der Waals surface area (Å²) in [6.07, 6.45) is 0. The summed E-state index contributed by atoms with van der Waals surface area (Å²) >= 11 is 0. The van der Waals surface area contributed by atoms with Gasteiger partial charge in [0, 0.05) is 11.6 Å². The zero-order chi connectivity index (χ0) is 10.4. The topological polar surface area (TPSA) is 21.3 Å². The molecule has 0 unspecified atom stereocenters. The Balaban J connectivity index is 2.82. The van der Waals surface area contributed by atoms with E-state index in [1.165, 1.54) is 5.56 Å². The van der Waals surface area contributed by atoms with Crippen LogP contribution >= 0.6 is 0 Å². The molecule has 0 aliphatic rings. The second kappa shape index (κ2) is 5.66. The third-order valence-electron chi connectivity index (χ3n) is 2.20. The number of ether oxygens (including phenoxy) is 1. The minimum Gasteiger partial charge on any atom is -0.494 e. The Bertz CT molecular complexity index is 273. The predicted molar refractivity (Wildman–Crippen MR) is 59.7 cm³/mol. The highest BCUT2D eigenvalue weighted by atomic mass is 16.5. The molecule has 0 heterocycles. The Hall–Kier alpha value is -1.02. The van der Waals surface area contributed by atoms with Gasteiger partial charge in [0.2, 0.25) is 0 Å². The second-order valence-corrected chi connectivity index (χ2v) is 3.25. The summed E-state index contributed by atoms with van der Waals surface area (Å²) in [6, 6.07) is 8.53. The van der Waals surface area contributed by atoms with Crippen LogP contribution in [0.3, 0.4) is 0 Å². The zero-order valence-electron chi connectivity index (χ0n) is 9.21.